The summed E-state index contributed by atoms with van der Waals surface area (Å²) in [5.41, 5.74) is 3.47. The number of rotatable bonds is 4. The van der Waals surface area contributed by atoms with Gasteiger partial charge in [0.25, 0.3) is 0 Å². The normalized spacial score (nSPS) is 32.9. The van der Waals surface area contributed by atoms with Crippen molar-refractivity contribution >= 4 is 5.97 Å². The van der Waals surface area contributed by atoms with Crippen molar-refractivity contribution in [3.63, 3.8) is 0 Å². The fraction of sp³-hybridized carbons (Fsp3) is 0.480. The lowest BCUT2D eigenvalue weighted by molar-refractivity contribution is -0.131. The first-order valence-corrected chi connectivity index (χ1v) is 10.4. The van der Waals surface area contributed by atoms with Crippen LogP contribution < -0.4 is 9.47 Å². The summed E-state index contributed by atoms with van der Waals surface area (Å²) in [5, 5.41) is 0. The molecule has 0 N–H and O–H groups in total. The predicted molar refractivity (Wildman–Crippen MR) is 109 cm³/mol. The zero-order chi connectivity index (χ0) is 19.4. The second kappa shape index (κ2) is 6.37. The van der Waals surface area contributed by atoms with E-state index in [1.807, 2.05) is 12.1 Å². The zero-order valence-electron chi connectivity index (χ0n) is 16.7. The average molecular weight is 376 g/mol. The molecule has 6 rings (SSSR count). The second-order valence-electron chi connectivity index (χ2n) is 9.37. The molecule has 2 aromatic rings. The quantitative estimate of drug-likeness (QED) is 0.529. The summed E-state index contributed by atoms with van der Waals surface area (Å²) in [6.45, 7) is 1.45. The van der Waals surface area contributed by atoms with Gasteiger partial charge in [-0.3, -0.25) is 4.79 Å². The van der Waals surface area contributed by atoms with Gasteiger partial charge in [0.15, 0.2) is 0 Å². The molecule has 4 aliphatic carbocycles. The number of hydrogen-bond donors (Lipinski definition) is 0. The average Bonchev–Trinajstić information content (AvgIpc) is 2.67. The van der Waals surface area contributed by atoms with Gasteiger partial charge >= 0.3 is 5.97 Å². The molecule has 4 aliphatic rings. The van der Waals surface area contributed by atoms with Crippen molar-refractivity contribution in [1.82, 2.24) is 0 Å². The van der Waals surface area contributed by atoms with Gasteiger partial charge in [-0.25, -0.2) is 0 Å². The fourth-order valence-corrected chi connectivity index (χ4v) is 6.93. The molecule has 2 unspecified atom stereocenters. The van der Waals surface area contributed by atoms with Gasteiger partial charge in [0.1, 0.15) is 11.5 Å². The molecule has 0 saturated heterocycles. The predicted octanol–water partition coefficient (Wildman–Crippen LogP) is 5.41. The Morgan fingerprint density at radius 1 is 0.821 bits per heavy atom. The topological polar surface area (TPSA) is 35.5 Å². The van der Waals surface area contributed by atoms with Crippen LogP contribution in [-0.2, 0) is 15.6 Å². The van der Waals surface area contributed by atoms with E-state index in [1.165, 1.54) is 56.6 Å². The van der Waals surface area contributed by atoms with Crippen LogP contribution in [0.4, 0.5) is 0 Å². The summed E-state index contributed by atoms with van der Waals surface area (Å²) < 4.78 is 10.6. The summed E-state index contributed by atoms with van der Waals surface area (Å²) in [6, 6.07) is 17.2. The number of methoxy groups -OCH3 is 1. The maximum absolute atomic E-state index is 11.2. The molecule has 28 heavy (non-hydrogen) atoms. The molecule has 0 aromatic heterocycles. The SMILES string of the molecule is COc1ccc(C23CC4CC(C2)CC(c2ccc(OC(C)=O)cc2)(C4)C3)cc1. The minimum Gasteiger partial charge on any atom is -0.497 e. The molecule has 0 spiro atoms. The number of carbonyl (C=O) groups is 1. The highest BCUT2D eigenvalue weighted by Gasteiger charge is 2.58. The van der Waals surface area contributed by atoms with Crippen LogP contribution in [0.25, 0.3) is 0 Å². The summed E-state index contributed by atoms with van der Waals surface area (Å²) in [7, 11) is 1.73. The van der Waals surface area contributed by atoms with E-state index in [1.54, 1.807) is 7.11 Å². The smallest absolute Gasteiger partial charge is 0.308 e. The Morgan fingerprint density at radius 3 is 1.71 bits per heavy atom. The maximum Gasteiger partial charge on any atom is 0.308 e. The van der Waals surface area contributed by atoms with Crippen molar-refractivity contribution in [2.45, 2.75) is 56.3 Å². The lowest BCUT2D eigenvalue weighted by Crippen LogP contribution is -2.55. The van der Waals surface area contributed by atoms with Crippen LogP contribution in [-0.4, -0.2) is 13.1 Å². The number of esters is 1. The van der Waals surface area contributed by atoms with Gasteiger partial charge in [-0.1, -0.05) is 24.3 Å². The monoisotopic (exact) mass is 376 g/mol. The van der Waals surface area contributed by atoms with E-state index in [4.69, 9.17) is 9.47 Å². The molecule has 3 heteroatoms. The molecule has 2 atom stereocenters. The van der Waals surface area contributed by atoms with Gasteiger partial charge in [0.2, 0.25) is 0 Å². The molecule has 3 nitrogen and oxygen atoms in total. The summed E-state index contributed by atoms with van der Waals surface area (Å²) in [4.78, 5) is 11.2. The van der Waals surface area contributed by atoms with Crippen LogP contribution in [0.3, 0.4) is 0 Å². The Morgan fingerprint density at radius 2 is 1.29 bits per heavy atom. The minimum absolute atomic E-state index is 0.263. The lowest BCUT2D eigenvalue weighted by atomic mass is 9.42. The highest BCUT2D eigenvalue weighted by molar-refractivity contribution is 5.69. The van der Waals surface area contributed by atoms with E-state index in [9.17, 15) is 4.79 Å². The van der Waals surface area contributed by atoms with E-state index < -0.39 is 0 Å². The third-order valence-electron chi connectivity index (χ3n) is 7.49. The number of ether oxygens (including phenoxy) is 2. The Kier molecular flexibility index (Phi) is 4.04. The first-order valence-electron chi connectivity index (χ1n) is 10.4. The Bertz CT molecular complexity index is 867. The van der Waals surface area contributed by atoms with Crippen LogP contribution in [0.1, 0.15) is 56.6 Å². The molecule has 0 aliphatic heterocycles. The molecular formula is C25H28O3. The molecule has 0 amide bonds. The van der Waals surface area contributed by atoms with E-state index in [-0.39, 0.29) is 11.4 Å². The van der Waals surface area contributed by atoms with Crippen LogP contribution in [0.15, 0.2) is 48.5 Å². The summed E-state index contributed by atoms with van der Waals surface area (Å²) in [6.07, 6.45) is 7.87. The van der Waals surface area contributed by atoms with Crippen LogP contribution in [0.5, 0.6) is 11.5 Å². The highest BCUT2D eigenvalue weighted by atomic mass is 16.5. The van der Waals surface area contributed by atoms with Crippen molar-refractivity contribution in [2.75, 3.05) is 7.11 Å². The van der Waals surface area contributed by atoms with Crippen molar-refractivity contribution in [2.24, 2.45) is 11.8 Å². The van der Waals surface area contributed by atoms with Crippen LogP contribution in [0.2, 0.25) is 0 Å². The fourth-order valence-electron chi connectivity index (χ4n) is 6.93. The van der Waals surface area contributed by atoms with Gasteiger partial charge in [-0.05, 0) is 96.6 Å². The molecule has 2 aromatic carbocycles. The van der Waals surface area contributed by atoms with Crippen LogP contribution in [0, 0.1) is 11.8 Å². The number of hydrogen-bond acceptors (Lipinski definition) is 3. The van der Waals surface area contributed by atoms with E-state index in [2.05, 4.69) is 36.4 Å². The van der Waals surface area contributed by atoms with Crippen molar-refractivity contribution in [3.8, 4) is 11.5 Å². The van der Waals surface area contributed by atoms with Gasteiger partial charge in [0, 0.05) is 6.92 Å². The molecule has 0 heterocycles. The molecular weight excluding hydrogens is 348 g/mol. The Labute approximate surface area is 167 Å². The molecule has 4 fully saturated rings. The van der Waals surface area contributed by atoms with E-state index in [0.29, 0.717) is 11.2 Å². The largest absolute Gasteiger partial charge is 0.497 e. The van der Waals surface area contributed by atoms with Crippen molar-refractivity contribution in [1.29, 1.82) is 0 Å². The number of carbonyl (C=O) groups excluding carboxylic acids is 1. The third-order valence-corrected chi connectivity index (χ3v) is 7.49. The summed E-state index contributed by atoms with van der Waals surface area (Å²) in [5.74, 6) is 2.95. The Balaban J connectivity index is 1.50. The minimum atomic E-state index is -0.263. The van der Waals surface area contributed by atoms with Crippen molar-refractivity contribution in [3.05, 3.63) is 59.7 Å². The van der Waals surface area contributed by atoms with Gasteiger partial charge in [-0.15, -0.1) is 0 Å². The highest BCUT2D eigenvalue weighted by Crippen LogP contribution is 2.66. The van der Waals surface area contributed by atoms with Crippen LogP contribution >= 0.6 is 0 Å². The second-order valence-corrected chi connectivity index (χ2v) is 9.37. The Hall–Kier alpha value is -2.29. The summed E-state index contributed by atoms with van der Waals surface area (Å²) >= 11 is 0. The molecule has 4 bridgehead atoms. The first kappa shape index (κ1) is 17.8. The van der Waals surface area contributed by atoms with Gasteiger partial charge < -0.3 is 9.47 Å². The molecule has 146 valence electrons. The van der Waals surface area contributed by atoms with Gasteiger partial charge in [-0.2, -0.15) is 0 Å². The number of benzene rings is 2. The van der Waals surface area contributed by atoms with E-state index >= 15 is 0 Å². The standard InChI is InChI=1S/C25H28O3/c1-17(26)28-23-9-5-21(6-10-23)25-14-18-11-19(15-25)13-24(12-18,16-25)20-3-7-22(27-2)8-4-20/h3-10,18-19H,11-16H2,1-2H3. The zero-order valence-corrected chi connectivity index (χ0v) is 16.7. The third kappa shape index (κ3) is 2.83. The lowest BCUT2D eigenvalue weighted by Gasteiger charge is -2.62. The van der Waals surface area contributed by atoms with Gasteiger partial charge in [0.05, 0.1) is 7.11 Å². The van der Waals surface area contributed by atoms with E-state index in [0.717, 1.165) is 17.6 Å². The van der Waals surface area contributed by atoms with Crippen molar-refractivity contribution < 1.29 is 14.3 Å². The molecule has 4 saturated carbocycles. The first-order chi connectivity index (χ1) is 13.5. The maximum atomic E-state index is 11.2. The molecule has 0 radical (unpaired) electrons.